The third-order valence-corrected chi connectivity index (χ3v) is 8.51. The largest absolute Gasteiger partial charge is 0.480 e. The Hall–Kier alpha value is -2.68. The van der Waals surface area contributed by atoms with Crippen LogP contribution in [0.25, 0.3) is 22.2 Å². The minimum absolute atomic E-state index is 0.0541. The highest BCUT2D eigenvalue weighted by Crippen LogP contribution is 2.38. The van der Waals surface area contributed by atoms with Gasteiger partial charge in [-0.25, -0.2) is 8.42 Å². The van der Waals surface area contributed by atoms with Crippen LogP contribution in [0.1, 0.15) is 18.0 Å². The average Bonchev–Trinajstić information content (AvgIpc) is 3.35. The number of benzene rings is 2. The molecule has 168 valence electrons. The first-order valence-corrected chi connectivity index (χ1v) is 12.8. The summed E-state index contributed by atoms with van der Waals surface area (Å²) in [4.78, 5) is 20.3. The summed E-state index contributed by atoms with van der Waals surface area (Å²) in [6.45, 7) is 2.52. The summed E-state index contributed by atoms with van der Waals surface area (Å²) < 4.78 is 23.8. The summed E-state index contributed by atoms with van der Waals surface area (Å²) in [6, 6.07) is 16.9. The highest BCUT2D eigenvalue weighted by Gasteiger charge is 2.38. The van der Waals surface area contributed by atoms with Crippen molar-refractivity contribution >= 4 is 26.7 Å². The number of nitrogens with one attached hydrogen (secondary N) is 1. The van der Waals surface area contributed by atoms with Crippen molar-refractivity contribution in [3.63, 3.8) is 0 Å². The first-order valence-electron chi connectivity index (χ1n) is 11.0. The number of rotatable bonds is 5. The molecule has 0 aliphatic carbocycles. The summed E-state index contributed by atoms with van der Waals surface area (Å²) >= 11 is 0. The van der Waals surface area contributed by atoms with E-state index in [4.69, 9.17) is 0 Å². The van der Waals surface area contributed by atoms with Crippen LogP contribution in [0.2, 0.25) is 0 Å². The fraction of sp³-hybridized carbons (Fsp3) is 0.375. The molecule has 7 nitrogen and oxygen atoms in total. The van der Waals surface area contributed by atoms with E-state index in [9.17, 15) is 18.3 Å². The Kier molecular flexibility index (Phi) is 5.53. The van der Waals surface area contributed by atoms with Crippen LogP contribution in [0.3, 0.4) is 0 Å². The van der Waals surface area contributed by atoms with Gasteiger partial charge in [0.2, 0.25) is 0 Å². The lowest BCUT2D eigenvalue weighted by molar-refractivity contribution is -0.144. The molecule has 32 heavy (non-hydrogen) atoms. The number of aliphatic carboxylic acids is 1. The molecule has 2 aliphatic heterocycles. The standard InChI is InChI=1S/C24H27N3O4S/c28-24(29)23(27-13-11-26(12-14-27)18-10-15-32(30,31)16-18)21-19-8-4-5-9-20(19)25-22(21)17-6-2-1-3-7-17/h1-9,18,23,25H,10-16H2,(H,28,29)/t18-,23-/m1/s1. The Bertz CT molecular complexity index is 1230. The van der Waals surface area contributed by atoms with Gasteiger partial charge in [-0.2, -0.15) is 0 Å². The van der Waals surface area contributed by atoms with E-state index in [1.54, 1.807) is 0 Å². The number of carboxylic acid groups (broad SMARTS) is 1. The third-order valence-electron chi connectivity index (χ3n) is 6.75. The van der Waals surface area contributed by atoms with Crippen molar-refractivity contribution in [1.82, 2.24) is 14.8 Å². The number of H-pyrrole nitrogens is 1. The number of para-hydroxylation sites is 1. The van der Waals surface area contributed by atoms with Gasteiger partial charge in [0.25, 0.3) is 0 Å². The SMILES string of the molecule is O=C(O)[C@@H](c1c(-c2ccccc2)[nH]c2ccccc12)N1CCN([C@@H]2CCS(=O)(=O)C2)CC1. The van der Waals surface area contributed by atoms with Gasteiger partial charge in [-0.3, -0.25) is 14.6 Å². The number of hydrogen-bond acceptors (Lipinski definition) is 5. The molecule has 0 bridgehead atoms. The van der Waals surface area contributed by atoms with E-state index in [1.807, 2.05) is 59.5 Å². The highest BCUT2D eigenvalue weighted by atomic mass is 32.2. The smallest absolute Gasteiger partial charge is 0.325 e. The molecule has 5 rings (SSSR count). The molecule has 0 saturated carbocycles. The number of piperazine rings is 1. The number of hydrogen-bond donors (Lipinski definition) is 2. The second-order valence-corrected chi connectivity index (χ2v) is 10.9. The Morgan fingerprint density at radius 3 is 2.34 bits per heavy atom. The molecule has 2 atom stereocenters. The van der Waals surface area contributed by atoms with Crippen molar-refractivity contribution in [1.29, 1.82) is 0 Å². The predicted octanol–water partition coefficient (Wildman–Crippen LogP) is 2.77. The number of carbonyl (C=O) groups is 1. The average molecular weight is 454 g/mol. The molecular weight excluding hydrogens is 426 g/mol. The molecule has 2 aliphatic rings. The summed E-state index contributed by atoms with van der Waals surface area (Å²) in [5.74, 6) is -0.398. The van der Waals surface area contributed by atoms with Gasteiger partial charge < -0.3 is 10.1 Å². The molecule has 1 aromatic heterocycles. The van der Waals surface area contributed by atoms with Crippen molar-refractivity contribution in [3.8, 4) is 11.3 Å². The molecule has 0 amide bonds. The van der Waals surface area contributed by atoms with Gasteiger partial charge in [0, 0.05) is 48.7 Å². The van der Waals surface area contributed by atoms with Gasteiger partial charge in [-0.05, 0) is 18.1 Å². The number of nitrogens with zero attached hydrogens (tertiary/aromatic N) is 2. The fourth-order valence-corrected chi connectivity index (χ4v) is 6.93. The second kappa shape index (κ2) is 8.35. The molecule has 0 spiro atoms. The van der Waals surface area contributed by atoms with Gasteiger partial charge in [-0.15, -0.1) is 0 Å². The first-order chi connectivity index (χ1) is 15.4. The van der Waals surface area contributed by atoms with Gasteiger partial charge in [0.1, 0.15) is 6.04 Å². The zero-order chi connectivity index (χ0) is 22.3. The second-order valence-electron chi connectivity index (χ2n) is 8.69. The number of fused-ring (bicyclic) bond motifs is 1. The fourth-order valence-electron chi connectivity index (χ4n) is 5.17. The Labute approximate surface area is 187 Å². The van der Waals surface area contributed by atoms with Gasteiger partial charge >= 0.3 is 5.97 Å². The highest BCUT2D eigenvalue weighted by molar-refractivity contribution is 7.91. The van der Waals surface area contributed by atoms with Crippen LogP contribution in [0.15, 0.2) is 54.6 Å². The summed E-state index contributed by atoms with van der Waals surface area (Å²) in [7, 11) is -2.94. The Morgan fingerprint density at radius 2 is 1.69 bits per heavy atom. The molecule has 0 unspecified atom stereocenters. The van der Waals surface area contributed by atoms with Gasteiger partial charge in [0.15, 0.2) is 9.84 Å². The Balaban J connectivity index is 1.47. The molecule has 2 saturated heterocycles. The van der Waals surface area contributed by atoms with E-state index in [-0.39, 0.29) is 17.5 Å². The molecular formula is C24H27N3O4S. The maximum absolute atomic E-state index is 12.6. The molecule has 0 radical (unpaired) electrons. The van der Waals surface area contributed by atoms with Crippen molar-refractivity contribution in [2.75, 3.05) is 37.7 Å². The number of carboxylic acids is 1. The normalized spacial score (nSPS) is 22.8. The van der Waals surface area contributed by atoms with Gasteiger partial charge in [0.05, 0.1) is 17.2 Å². The van der Waals surface area contributed by atoms with Crippen LogP contribution in [-0.4, -0.2) is 78.0 Å². The lowest BCUT2D eigenvalue weighted by Gasteiger charge is -2.40. The van der Waals surface area contributed by atoms with Crippen molar-refractivity contribution in [2.24, 2.45) is 0 Å². The van der Waals surface area contributed by atoms with E-state index >= 15 is 0 Å². The van der Waals surface area contributed by atoms with Crippen molar-refractivity contribution < 1.29 is 18.3 Å². The van der Waals surface area contributed by atoms with Gasteiger partial charge in [-0.1, -0.05) is 48.5 Å². The lowest BCUT2D eigenvalue weighted by Crippen LogP contribution is -2.52. The molecule has 3 heterocycles. The zero-order valence-electron chi connectivity index (χ0n) is 17.8. The van der Waals surface area contributed by atoms with E-state index < -0.39 is 21.8 Å². The van der Waals surface area contributed by atoms with Crippen LogP contribution >= 0.6 is 0 Å². The van der Waals surface area contributed by atoms with Crippen LogP contribution in [-0.2, 0) is 14.6 Å². The van der Waals surface area contributed by atoms with E-state index in [1.165, 1.54) is 0 Å². The third kappa shape index (κ3) is 3.94. The van der Waals surface area contributed by atoms with Crippen LogP contribution in [0.5, 0.6) is 0 Å². The topological polar surface area (TPSA) is 93.7 Å². The number of sulfone groups is 1. The predicted molar refractivity (Wildman–Crippen MR) is 124 cm³/mol. The maximum atomic E-state index is 12.6. The lowest BCUT2D eigenvalue weighted by atomic mass is 9.97. The van der Waals surface area contributed by atoms with Crippen LogP contribution < -0.4 is 0 Å². The molecule has 3 aromatic rings. The number of aromatic amines is 1. The quantitative estimate of drug-likeness (QED) is 0.617. The first kappa shape index (κ1) is 21.2. The number of aromatic nitrogens is 1. The van der Waals surface area contributed by atoms with Crippen LogP contribution in [0, 0.1) is 0 Å². The zero-order valence-corrected chi connectivity index (χ0v) is 18.6. The molecule has 2 aromatic carbocycles. The molecule has 8 heteroatoms. The summed E-state index contributed by atoms with van der Waals surface area (Å²) in [5, 5.41) is 11.2. The Morgan fingerprint density at radius 1 is 1.00 bits per heavy atom. The molecule has 2 N–H and O–H groups in total. The van der Waals surface area contributed by atoms with E-state index in [0.29, 0.717) is 32.6 Å². The summed E-state index contributed by atoms with van der Waals surface area (Å²) in [5.41, 5.74) is 3.50. The minimum Gasteiger partial charge on any atom is -0.480 e. The summed E-state index contributed by atoms with van der Waals surface area (Å²) in [6.07, 6.45) is 0.672. The van der Waals surface area contributed by atoms with Crippen LogP contribution in [0.4, 0.5) is 0 Å². The van der Waals surface area contributed by atoms with E-state index in [0.717, 1.165) is 27.7 Å². The minimum atomic E-state index is -2.94. The van der Waals surface area contributed by atoms with Crippen molar-refractivity contribution in [3.05, 3.63) is 60.2 Å². The molecule has 2 fully saturated rings. The van der Waals surface area contributed by atoms with Crippen molar-refractivity contribution in [2.45, 2.75) is 18.5 Å². The van der Waals surface area contributed by atoms with E-state index in [2.05, 4.69) is 9.88 Å². The monoisotopic (exact) mass is 453 g/mol. The maximum Gasteiger partial charge on any atom is 0.325 e.